The number of ketones is 3. The first-order valence-corrected chi connectivity index (χ1v) is 8.32. The van der Waals surface area contributed by atoms with E-state index in [1.807, 2.05) is 0 Å². The molecule has 1 amide bonds. The maximum atomic E-state index is 13.0. The lowest BCUT2D eigenvalue weighted by Gasteiger charge is -2.34. The highest BCUT2D eigenvalue weighted by atomic mass is 16.3. The number of phenols is 2. The van der Waals surface area contributed by atoms with E-state index >= 15 is 0 Å². The van der Waals surface area contributed by atoms with Crippen LogP contribution in [0.4, 0.5) is 0 Å². The summed E-state index contributed by atoms with van der Waals surface area (Å²) in [4.78, 5) is 49.7. The molecule has 6 N–H and O–H groups in total. The zero-order valence-corrected chi connectivity index (χ0v) is 14.8. The van der Waals surface area contributed by atoms with E-state index in [0.29, 0.717) is 0 Å². The van der Waals surface area contributed by atoms with Gasteiger partial charge in [-0.2, -0.15) is 0 Å². The molecular formula is C20H13NO8. The van der Waals surface area contributed by atoms with Crippen molar-refractivity contribution in [2.24, 2.45) is 5.73 Å². The van der Waals surface area contributed by atoms with E-state index in [1.165, 1.54) is 25.1 Å². The van der Waals surface area contributed by atoms with E-state index in [1.54, 1.807) is 0 Å². The van der Waals surface area contributed by atoms with Gasteiger partial charge in [-0.25, -0.2) is 0 Å². The lowest BCUT2D eigenvalue weighted by Crippen LogP contribution is -2.36. The summed E-state index contributed by atoms with van der Waals surface area (Å²) in [6.45, 7) is 1.28. The third-order valence-electron chi connectivity index (χ3n) is 5.24. The number of rotatable bonds is 1. The number of phenolic OH excluding ortho intramolecular Hbond substituents is 2. The van der Waals surface area contributed by atoms with Gasteiger partial charge in [-0.05, 0) is 19.1 Å². The minimum absolute atomic E-state index is 0.0292. The number of nitrogens with two attached hydrogens (primary N) is 1. The summed E-state index contributed by atoms with van der Waals surface area (Å²) < 4.78 is 0. The topological polar surface area (TPSA) is 175 Å². The van der Waals surface area contributed by atoms with Crippen LogP contribution in [-0.4, -0.2) is 43.7 Å². The van der Waals surface area contributed by atoms with Crippen LogP contribution in [0, 0.1) is 0 Å². The number of aromatic hydroxyl groups is 2. The second kappa shape index (κ2) is 5.52. The monoisotopic (exact) mass is 395 g/mol. The number of amides is 1. The standard InChI is InChI=1S/C20H13NO8/c1-20(29)7-3-2-4-9(22)11(7)17(26)12-8(20)5-6-10(15(12)24)16(25)13(19(21)28)18(27)14(6)23/h2-5,22,24,27,29H,1H3,(H2,21,28). The van der Waals surface area contributed by atoms with E-state index in [0.717, 1.165) is 6.07 Å². The van der Waals surface area contributed by atoms with Crippen LogP contribution < -0.4 is 5.73 Å². The molecule has 0 bridgehead atoms. The molecule has 9 nitrogen and oxygen atoms in total. The number of hydrogen-bond acceptors (Lipinski definition) is 8. The maximum Gasteiger partial charge on any atom is 0.256 e. The smallest absolute Gasteiger partial charge is 0.256 e. The molecule has 0 fully saturated rings. The summed E-state index contributed by atoms with van der Waals surface area (Å²) in [7, 11) is 0. The highest BCUT2D eigenvalue weighted by Gasteiger charge is 2.46. The molecule has 29 heavy (non-hydrogen) atoms. The zero-order valence-electron chi connectivity index (χ0n) is 14.8. The number of allylic oxidation sites excluding steroid dienone is 1. The Labute approximate surface area is 162 Å². The number of fused-ring (bicyclic) bond motifs is 3. The first-order valence-electron chi connectivity index (χ1n) is 8.32. The number of benzene rings is 2. The molecule has 1 unspecified atom stereocenters. The molecule has 0 aromatic heterocycles. The average molecular weight is 395 g/mol. The van der Waals surface area contributed by atoms with Crippen LogP contribution in [0.25, 0.3) is 0 Å². The van der Waals surface area contributed by atoms with Crippen molar-refractivity contribution in [1.82, 2.24) is 0 Å². The Morgan fingerprint density at radius 2 is 1.59 bits per heavy atom. The third-order valence-corrected chi connectivity index (χ3v) is 5.24. The number of carbonyl (C=O) groups excluding carboxylic acids is 4. The second-order valence-corrected chi connectivity index (χ2v) is 6.92. The molecule has 0 aliphatic heterocycles. The molecule has 4 rings (SSSR count). The van der Waals surface area contributed by atoms with E-state index < -0.39 is 68.4 Å². The number of aliphatic hydroxyl groups is 2. The van der Waals surface area contributed by atoms with E-state index in [2.05, 4.69) is 0 Å². The molecule has 1 atom stereocenters. The minimum atomic E-state index is -1.93. The number of aliphatic hydroxyl groups excluding tert-OH is 1. The van der Waals surface area contributed by atoms with Crippen molar-refractivity contribution in [3.05, 3.63) is 69.0 Å². The van der Waals surface area contributed by atoms with Gasteiger partial charge in [-0.3, -0.25) is 19.2 Å². The fraction of sp³-hybridized carbons (Fsp3) is 0.100. The summed E-state index contributed by atoms with van der Waals surface area (Å²) >= 11 is 0. The number of carbonyl (C=O) groups is 4. The fourth-order valence-electron chi connectivity index (χ4n) is 3.85. The minimum Gasteiger partial charge on any atom is -0.507 e. The molecule has 0 saturated carbocycles. The summed E-state index contributed by atoms with van der Waals surface area (Å²) in [6, 6.07) is 5.01. The second-order valence-electron chi connectivity index (χ2n) is 6.92. The largest absolute Gasteiger partial charge is 0.507 e. The molecule has 2 aromatic rings. The molecule has 0 radical (unpaired) electrons. The molecule has 2 aliphatic carbocycles. The molecule has 0 saturated heterocycles. The van der Waals surface area contributed by atoms with Gasteiger partial charge in [0.05, 0.1) is 16.7 Å². The number of hydrogen-bond donors (Lipinski definition) is 5. The average Bonchev–Trinajstić information content (AvgIpc) is 2.63. The van der Waals surface area contributed by atoms with Gasteiger partial charge in [-0.1, -0.05) is 12.1 Å². The van der Waals surface area contributed by atoms with Crippen molar-refractivity contribution in [2.75, 3.05) is 0 Å². The summed E-state index contributed by atoms with van der Waals surface area (Å²) in [5, 5.41) is 41.9. The van der Waals surface area contributed by atoms with Gasteiger partial charge >= 0.3 is 0 Å². The van der Waals surface area contributed by atoms with Gasteiger partial charge in [0.1, 0.15) is 22.7 Å². The van der Waals surface area contributed by atoms with Gasteiger partial charge in [0, 0.05) is 16.7 Å². The van der Waals surface area contributed by atoms with Gasteiger partial charge in [0.2, 0.25) is 17.3 Å². The SMILES string of the molecule is CC1(O)c2cccc(O)c2C(=O)c2c1cc1c(c2O)C(=O)C(C(N)=O)=C(O)C1=O. The van der Waals surface area contributed by atoms with E-state index in [-0.39, 0.29) is 16.7 Å². The molecule has 0 spiro atoms. The highest BCUT2D eigenvalue weighted by molar-refractivity contribution is 6.37. The van der Waals surface area contributed by atoms with Gasteiger partial charge in [0.15, 0.2) is 5.76 Å². The Morgan fingerprint density at radius 3 is 2.21 bits per heavy atom. The Morgan fingerprint density at radius 1 is 0.931 bits per heavy atom. The van der Waals surface area contributed by atoms with Gasteiger partial charge < -0.3 is 26.2 Å². The van der Waals surface area contributed by atoms with Crippen LogP contribution in [0.3, 0.4) is 0 Å². The Balaban J connectivity index is 2.11. The first kappa shape index (κ1) is 18.4. The van der Waals surface area contributed by atoms with Crippen LogP contribution in [0.1, 0.15) is 54.7 Å². The van der Waals surface area contributed by atoms with Crippen molar-refractivity contribution in [2.45, 2.75) is 12.5 Å². The fourth-order valence-corrected chi connectivity index (χ4v) is 3.85. The lowest BCUT2D eigenvalue weighted by atomic mass is 9.71. The van der Waals surface area contributed by atoms with Crippen LogP contribution in [0.15, 0.2) is 35.6 Å². The lowest BCUT2D eigenvalue weighted by molar-refractivity contribution is -0.114. The van der Waals surface area contributed by atoms with Crippen molar-refractivity contribution < 1.29 is 39.6 Å². The van der Waals surface area contributed by atoms with Crippen LogP contribution in [0.2, 0.25) is 0 Å². The van der Waals surface area contributed by atoms with Crippen molar-refractivity contribution in [1.29, 1.82) is 0 Å². The van der Waals surface area contributed by atoms with Crippen LogP contribution in [-0.2, 0) is 10.4 Å². The molecule has 2 aromatic carbocycles. The van der Waals surface area contributed by atoms with Gasteiger partial charge in [-0.15, -0.1) is 0 Å². The van der Waals surface area contributed by atoms with E-state index in [4.69, 9.17) is 5.73 Å². The Hall–Kier alpha value is -3.98. The van der Waals surface area contributed by atoms with Crippen LogP contribution >= 0.6 is 0 Å². The number of Topliss-reactive ketones (excluding diaryl/α,β-unsaturated/α-hetero) is 2. The predicted molar refractivity (Wildman–Crippen MR) is 95.8 cm³/mol. The van der Waals surface area contributed by atoms with Crippen molar-refractivity contribution in [3.63, 3.8) is 0 Å². The normalized spacial score (nSPS) is 20.3. The summed E-state index contributed by atoms with van der Waals surface area (Å²) in [5.74, 6) is -7.27. The summed E-state index contributed by atoms with van der Waals surface area (Å²) in [5.41, 5.74) is -0.0323. The van der Waals surface area contributed by atoms with E-state index in [9.17, 15) is 39.6 Å². The zero-order chi connectivity index (χ0) is 21.4. The summed E-state index contributed by atoms with van der Waals surface area (Å²) in [6.07, 6.45) is 0. The van der Waals surface area contributed by atoms with Gasteiger partial charge in [0.25, 0.3) is 5.91 Å². The first-order chi connectivity index (χ1) is 13.5. The highest BCUT2D eigenvalue weighted by Crippen LogP contribution is 2.48. The molecule has 0 heterocycles. The Kier molecular flexibility index (Phi) is 3.50. The molecule has 2 aliphatic rings. The molecule has 146 valence electrons. The van der Waals surface area contributed by atoms with Crippen molar-refractivity contribution in [3.8, 4) is 11.5 Å². The molecule has 9 heteroatoms. The van der Waals surface area contributed by atoms with Crippen LogP contribution in [0.5, 0.6) is 11.5 Å². The Bertz CT molecular complexity index is 1240. The maximum absolute atomic E-state index is 13.0. The molecular weight excluding hydrogens is 382 g/mol. The predicted octanol–water partition coefficient (Wildman–Crippen LogP) is 0.574. The van der Waals surface area contributed by atoms with Crippen molar-refractivity contribution >= 4 is 23.3 Å². The quantitative estimate of drug-likeness (QED) is 0.435. The number of primary amides is 1. The third kappa shape index (κ3) is 2.13.